The minimum absolute atomic E-state index is 0.144. The highest BCUT2D eigenvalue weighted by atomic mass is 31.2. The molecule has 1 saturated heterocycles. The van der Waals surface area contributed by atoms with Crippen molar-refractivity contribution in [3.8, 4) is 0 Å². The van der Waals surface area contributed by atoms with Gasteiger partial charge >= 0.3 is 7.82 Å². The van der Waals surface area contributed by atoms with Crippen molar-refractivity contribution in [2.24, 2.45) is 5.92 Å². The molecule has 0 aromatic heterocycles. The molecule has 122 valence electrons. The van der Waals surface area contributed by atoms with Crippen LogP contribution in [-0.4, -0.2) is 26.5 Å². The molecular weight excluding hydrogens is 311 g/mol. The van der Waals surface area contributed by atoms with Gasteiger partial charge in [0.05, 0.1) is 5.69 Å². The Labute approximate surface area is 128 Å². The Morgan fingerprint density at radius 1 is 1.18 bits per heavy atom. The lowest BCUT2D eigenvalue weighted by molar-refractivity contribution is -0.127. The maximum Gasteiger partial charge on any atom is 0.466 e. The van der Waals surface area contributed by atoms with E-state index in [1.54, 1.807) is 12.1 Å². The van der Waals surface area contributed by atoms with E-state index in [9.17, 15) is 9.59 Å². The second-order valence-corrected chi connectivity index (χ2v) is 5.72. The highest BCUT2D eigenvalue weighted by Crippen LogP contribution is 2.26. The summed E-state index contributed by atoms with van der Waals surface area (Å²) in [7, 11) is -4.64. The number of benzene rings is 1. The fourth-order valence-corrected chi connectivity index (χ4v) is 1.94. The maximum absolute atomic E-state index is 12.1. The number of phosphoric acid groups is 1. The molecule has 1 aliphatic heterocycles. The standard InChI is InChI=1S/C13H16N2O2.H3O4P/c1-2-3-9-11-12(16)14-15(13(11)17)10-7-5-4-6-8-10;1-5(2,3)4/h4-8,11H,2-3,9H2,1H3,(H,14,16);(H3,1,2,3,4). The minimum Gasteiger partial charge on any atom is -0.303 e. The lowest BCUT2D eigenvalue weighted by Gasteiger charge is -2.14. The Hall–Kier alpha value is -1.73. The fourth-order valence-electron chi connectivity index (χ4n) is 1.94. The highest BCUT2D eigenvalue weighted by Gasteiger charge is 2.39. The molecule has 0 spiro atoms. The highest BCUT2D eigenvalue weighted by molar-refractivity contribution is 7.45. The average Bonchev–Trinajstić information content (AvgIpc) is 2.71. The number of carbonyl (C=O) groups excluding carboxylic acids is 2. The van der Waals surface area contributed by atoms with Crippen LogP contribution in [0.4, 0.5) is 5.69 Å². The summed E-state index contributed by atoms with van der Waals surface area (Å²) in [6.07, 6.45) is 2.51. The van der Waals surface area contributed by atoms with Gasteiger partial charge in [-0.1, -0.05) is 38.0 Å². The Morgan fingerprint density at radius 2 is 1.73 bits per heavy atom. The van der Waals surface area contributed by atoms with E-state index in [1.165, 1.54) is 5.01 Å². The summed E-state index contributed by atoms with van der Waals surface area (Å²) >= 11 is 0. The number of para-hydroxylation sites is 1. The van der Waals surface area contributed by atoms with Crippen LogP contribution in [-0.2, 0) is 14.2 Å². The zero-order valence-corrected chi connectivity index (χ0v) is 12.9. The first-order chi connectivity index (χ1) is 10.2. The molecule has 1 aromatic carbocycles. The predicted molar refractivity (Wildman–Crippen MR) is 79.3 cm³/mol. The Bertz CT molecular complexity index is 551. The van der Waals surface area contributed by atoms with Gasteiger partial charge in [-0.25, -0.2) is 9.57 Å². The quantitative estimate of drug-likeness (QED) is 0.481. The van der Waals surface area contributed by atoms with Crippen LogP contribution >= 0.6 is 7.82 Å². The van der Waals surface area contributed by atoms with Crippen molar-refractivity contribution in [2.45, 2.75) is 26.2 Å². The van der Waals surface area contributed by atoms with Gasteiger partial charge < -0.3 is 14.7 Å². The van der Waals surface area contributed by atoms with Crippen molar-refractivity contribution in [3.63, 3.8) is 0 Å². The molecule has 1 heterocycles. The van der Waals surface area contributed by atoms with E-state index in [0.29, 0.717) is 12.1 Å². The van der Waals surface area contributed by atoms with Gasteiger partial charge in [0.15, 0.2) is 0 Å². The van der Waals surface area contributed by atoms with E-state index in [4.69, 9.17) is 19.2 Å². The van der Waals surface area contributed by atoms with Crippen LogP contribution in [0.1, 0.15) is 26.2 Å². The van der Waals surface area contributed by atoms with Gasteiger partial charge in [0.1, 0.15) is 5.92 Å². The van der Waals surface area contributed by atoms with Crippen molar-refractivity contribution >= 4 is 25.3 Å². The zero-order chi connectivity index (χ0) is 16.8. The first-order valence-corrected chi connectivity index (χ1v) is 8.28. The van der Waals surface area contributed by atoms with Crippen molar-refractivity contribution in [1.82, 2.24) is 5.43 Å². The summed E-state index contributed by atoms with van der Waals surface area (Å²) in [5.74, 6) is -0.850. The Morgan fingerprint density at radius 3 is 2.23 bits per heavy atom. The molecule has 4 N–H and O–H groups in total. The van der Waals surface area contributed by atoms with Gasteiger partial charge in [0, 0.05) is 0 Å². The molecule has 22 heavy (non-hydrogen) atoms. The van der Waals surface area contributed by atoms with Crippen LogP contribution in [0, 0.1) is 5.92 Å². The van der Waals surface area contributed by atoms with Crippen LogP contribution in [0.3, 0.4) is 0 Å². The zero-order valence-electron chi connectivity index (χ0n) is 12.0. The van der Waals surface area contributed by atoms with Crippen molar-refractivity contribution < 1.29 is 28.8 Å². The lowest BCUT2D eigenvalue weighted by Crippen LogP contribution is -2.35. The van der Waals surface area contributed by atoms with E-state index in [2.05, 4.69) is 5.43 Å². The van der Waals surface area contributed by atoms with E-state index >= 15 is 0 Å². The van der Waals surface area contributed by atoms with Gasteiger partial charge in [-0.3, -0.25) is 15.0 Å². The second-order valence-electron chi connectivity index (χ2n) is 4.69. The third-order valence-corrected chi connectivity index (χ3v) is 2.92. The molecule has 1 fully saturated rings. The number of unbranched alkanes of at least 4 members (excludes halogenated alkanes) is 1. The average molecular weight is 330 g/mol. The maximum atomic E-state index is 12.1. The van der Waals surface area contributed by atoms with Crippen molar-refractivity contribution in [1.29, 1.82) is 0 Å². The molecule has 1 aromatic rings. The molecule has 1 aliphatic rings. The van der Waals surface area contributed by atoms with Crippen LogP contribution in [0.2, 0.25) is 0 Å². The summed E-state index contributed by atoms with van der Waals surface area (Å²) in [6, 6.07) is 9.17. The second kappa shape index (κ2) is 8.05. The normalized spacial score (nSPS) is 17.8. The summed E-state index contributed by atoms with van der Waals surface area (Å²) < 4.78 is 8.88. The third kappa shape index (κ3) is 5.95. The van der Waals surface area contributed by atoms with Gasteiger partial charge in [-0.15, -0.1) is 0 Å². The molecule has 0 radical (unpaired) electrons. The SMILES string of the molecule is CCCCC1C(=O)NN(c2ccccc2)C1=O.O=P(O)(O)O. The Kier molecular flexibility index (Phi) is 6.70. The molecule has 1 unspecified atom stereocenters. The smallest absolute Gasteiger partial charge is 0.303 e. The summed E-state index contributed by atoms with van der Waals surface area (Å²) in [6.45, 7) is 2.05. The summed E-state index contributed by atoms with van der Waals surface area (Å²) in [5.41, 5.74) is 3.34. The fraction of sp³-hybridized carbons (Fsp3) is 0.385. The van der Waals surface area contributed by atoms with E-state index in [0.717, 1.165) is 12.8 Å². The van der Waals surface area contributed by atoms with Gasteiger partial charge in [0.25, 0.3) is 11.8 Å². The van der Waals surface area contributed by atoms with Gasteiger partial charge in [-0.2, -0.15) is 0 Å². The number of nitrogens with zero attached hydrogens (tertiary/aromatic N) is 1. The molecular formula is C13H19N2O6P. The number of hydrogen-bond donors (Lipinski definition) is 4. The topological polar surface area (TPSA) is 127 Å². The number of hydrogen-bond acceptors (Lipinski definition) is 3. The number of rotatable bonds is 4. The van der Waals surface area contributed by atoms with E-state index < -0.39 is 13.7 Å². The molecule has 0 bridgehead atoms. The molecule has 0 aliphatic carbocycles. The first-order valence-electron chi connectivity index (χ1n) is 6.72. The van der Waals surface area contributed by atoms with E-state index in [1.807, 2.05) is 25.1 Å². The van der Waals surface area contributed by atoms with Crippen molar-refractivity contribution in [2.75, 3.05) is 5.01 Å². The van der Waals surface area contributed by atoms with Gasteiger partial charge in [-0.05, 0) is 18.6 Å². The van der Waals surface area contributed by atoms with Crippen LogP contribution < -0.4 is 10.4 Å². The third-order valence-electron chi connectivity index (χ3n) is 2.92. The van der Waals surface area contributed by atoms with E-state index in [-0.39, 0.29) is 11.8 Å². The number of anilines is 1. The van der Waals surface area contributed by atoms with Crippen LogP contribution in [0.25, 0.3) is 0 Å². The summed E-state index contributed by atoms with van der Waals surface area (Å²) in [4.78, 5) is 45.3. The first kappa shape index (κ1) is 18.3. The van der Waals surface area contributed by atoms with Gasteiger partial charge in [0.2, 0.25) is 0 Å². The van der Waals surface area contributed by atoms with Crippen molar-refractivity contribution in [3.05, 3.63) is 30.3 Å². The Balaban J connectivity index is 0.000000422. The number of hydrazine groups is 1. The number of nitrogens with one attached hydrogen (secondary N) is 1. The molecule has 2 rings (SSSR count). The number of amides is 2. The summed E-state index contributed by atoms with van der Waals surface area (Å²) in [5, 5.41) is 1.35. The van der Waals surface area contributed by atoms with Crippen LogP contribution in [0.5, 0.6) is 0 Å². The molecule has 1 atom stereocenters. The largest absolute Gasteiger partial charge is 0.466 e. The monoisotopic (exact) mass is 330 g/mol. The minimum atomic E-state index is -4.64. The molecule has 0 saturated carbocycles. The molecule has 8 nitrogen and oxygen atoms in total. The molecule has 9 heteroatoms. The molecule has 2 amide bonds. The predicted octanol–water partition coefficient (Wildman–Crippen LogP) is 0.942. The number of carbonyl (C=O) groups is 2. The van der Waals surface area contributed by atoms with Crippen LogP contribution in [0.15, 0.2) is 30.3 Å². The lowest BCUT2D eigenvalue weighted by atomic mass is 10.0.